The lowest BCUT2D eigenvalue weighted by Crippen LogP contribution is -2.26. The standard InChI is InChI=1S/C21H18BrNO4S/c22-20-12-11-19(13-21(20)27-15-18-14-26-18)28(24,25)23(16-7-3-1-4-8-16)17-9-5-2-6-10-17/h1-13,18H,14-15H2. The van der Waals surface area contributed by atoms with Crippen LogP contribution in [0.3, 0.4) is 0 Å². The van der Waals surface area contributed by atoms with E-state index >= 15 is 0 Å². The number of hydrogen-bond donors (Lipinski definition) is 0. The summed E-state index contributed by atoms with van der Waals surface area (Å²) >= 11 is 3.42. The van der Waals surface area contributed by atoms with Crippen LogP contribution in [0.5, 0.6) is 5.75 Å². The highest BCUT2D eigenvalue weighted by Gasteiger charge is 2.28. The Kier molecular flexibility index (Phi) is 5.39. The van der Waals surface area contributed by atoms with E-state index in [2.05, 4.69) is 15.9 Å². The molecule has 1 heterocycles. The second-order valence-electron chi connectivity index (χ2n) is 6.30. The molecule has 1 aliphatic heterocycles. The molecule has 0 aliphatic carbocycles. The SMILES string of the molecule is O=S(=O)(c1ccc(Br)c(OCC2CO2)c1)N(c1ccccc1)c1ccccc1. The molecule has 0 aromatic heterocycles. The first-order valence-corrected chi connectivity index (χ1v) is 11.0. The van der Waals surface area contributed by atoms with E-state index in [0.717, 1.165) is 0 Å². The second-order valence-corrected chi connectivity index (χ2v) is 8.94. The summed E-state index contributed by atoms with van der Waals surface area (Å²) < 4.78 is 40.1. The summed E-state index contributed by atoms with van der Waals surface area (Å²) in [6, 6.07) is 22.8. The second kappa shape index (κ2) is 7.95. The summed E-state index contributed by atoms with van der Waals surface area (Å²) in [7, 11) is -3.87. The fraction of sp³-hybridized carbons (Fsp3) is 0.143. The Hall–Kier alpha value is -2.35. The Labute approximate surface area is 172 Å². The summed E-state index contributed by atoms with van der Waals surface area (Å²) in [5, 5.41) is 0. The van der Waals surface area contributed by atoms with Gasteiger partial charge in [-0.2, -0.15) is 0 Å². The van der Waals surface area contributed by atoms with Gasteiger partial charge in [0, 0.05) is 6.07 Å². The van der Waals surface area contributed by atoms with Gasteiger partial charge in [-0.25, -0.2) is 12.7 Å². The Bertz CT molecular complexity index is 1010. The predicted molar refractivity (Wildman–Crippen MR) is 112 cm³/mol. The van der Waals surface area contributed by atoms with Crippen molar-refractivity contribution in [1.29, 1.82) is 0 Å². The van der Waals surface area contributed by atoms with Crippen molar-refractivity contribution in [2.24, 2.45) is 0 Å². The van der Waals surface area contributed by atoms with Gasteiger partial charge in [-0.1, -0.05) is 36.4 Å². The Balaban J connectivity index is 1.76. The van der Waals surface area contributed by atoms with Crippen molar-refractivity contribution in [1.82, 2.24) is 0 Å². The van der Waals surface area contributed by atoms with Gasteiger partial charge in [-0.15, -0.1) is 0 Å². The number of anilines is 2. The number of rotatable bonds is 7. The van der Waals surface area contributed by atoms with E-state index in [1.165, 1.54) is 4.31 Å². The molecule has 0 bridgehead atoms. The highest BCUT2D eigenvalue weighted by Crippen LogP contribution is 2.35. The Morgan fingerprint density at radius 2 is 1.54 bits per heavy atom. The van der Waals surface area contributed by atoms with Gasteiger partial charge in [0.2, 0.25) is 0 Å². The molecule has 4 rings (SSSR count). The molecule has 1 atom stereocenters. The zero-order valence-electron chi connectivity index (χ0n) is 14.9. The quantitative estimate of drug-likeness (QED) is 0.478. The zero-order valence-corrected chi connectivity index (χ0v) is 17.3. The van der Waals surface area contributed by atoms with E-state index in [0.29, 0.717) is 34.8 Å². The third kappa shape index (κ3) is 4.06. The summed E-state index contributed by atoms with van der Waals surface area (Å²) in [6.07, 6.45) is 0.0808. The summed E-state index contributed by atoms with van der Waals surface area (Å²) in [5.74, 6) is 0.470. The third-order valence-corrected chi connectivity index (χ3v) is 6.66. The number of ether oxygens (including phenoxy) is 2. The summed E-state index contributed by atoms with van der Waals surface area (Å²) in [6.45, 7) is 1.06. The Morgan fingerprint density at radius 1 is 0.964 bits per heavy atom. The van der Waals surface area contributed by atoms with Gasteiger partial charge in [0.25, 0.3) is 10.0 Å². The van der Waals surface area contributed by atoms with E-state index < -0.39 is 10.0 Å². The van der Waals surface area contributed by atoms with E-state index in [9.17, 15) is 8.42 Å². The monoisotopic (exact) mass is 459 g/mol. The number of benzene rings is 3. The van der Waals surface area contributed by atoms with Crippen molar-refractivity contribution < 1.29 is 17.9 Å². The molecule has 0 spiro atoms. The molecule has 1 unspecified atom stereocenters. The average molecular weight is 460 g/mol. The van der Waals surface area contributed by atoms with Crippen LogP contribution in [0.15, 0.2) is 88.2 Å². The van der Waals surface area contributed by atoms with Gasteiger partial charge < -0.3 is 9.47 Å². The van der Waals surface area contributed by atoms with Crippen molar-refractivity contribution >= 4 is 37.3 Å². The third-order valence-electron chi connectivity index (χ3n) is 4.25. The molecule has 3 aromatic rings. The van der Waals surface area contributed by atoms with Crippen molar-refractivity contribution in [3.05, 3.63) is 83.3 Å². The number of epoxide rings is 1. The topological polar surface area (TPSA) is 59.1 Å². The number of nitrogens with zero attached hydrogens (tertiary/aromatic N) is 1. The molecule has 7 heteroatoms. The van der Waals surface area contributed by atoms with Crippen molar-refractivity contribution in [3.63, 3.8) is 0 Å². The first-order chi connectivity index (χ1) is 13.6. The van der Waals surface area contributed by atoms with Gasteiger partial charge in [0.05, 0.1) is 27.3 Å². The van der Waals surface area contributed by atoms with E-state index in [1.807, 2.05) is 36.4 Å². The van der Waals surface area contributed by atoms with Gasteiger partial charge in [0.15, 0.2) is 0 Å². The molecule has 1 fully saturated rings. The molecule has 144 valence electrons. The highest BCUT2D eigenvalue weighted by molar-refractivity contribution is 9.10. The molecular weight excluding hydrogens is 442 g/mol. The van der Waals surface area contributed by atoms with Gasteiger partial charge in [-0.3, -0.25) is 0 Å². The first-order valence-electron chi connectivity index (χ1n) is 8.75. The van der Waals surface area contributed by atoms with Crippen LogP contribution < -0.4 is 9.04 Å². The predicted octanol–water partition coefficient (Wildman–Crippen LogP) is 4.75. The lowest BCUT2D eigenvalue weighted by Gasteiger charge is -2.25. The molecule has 1 saturated heterocycles. The van der Waals surface area contributed by atoms with Crippen LogP contribution in [0.1, 0.15) is 0 Å². The van der Waals surface area contributed by atoms with Crippen LogP contribution >= 0.6 is 15.9 Å². The van der Waals surface area contributed by atoms with Crippen LogP contribution in [0.2, 0.25) is 0 Å². The fourth-order valence-electron chi connectivity index (χ4n) is 2.76. The zero-order chi connectivity index (χ0) is 19.6. The normalized spacial score (nSPS) is 15.8. The largest absolute Gasteiger partial charge is 0.490 e. The summed E-state index contributed by atoms with van der Waals surface area (Å²) in [4.78, 5) is 0.148. The van der Waals surface area contributed by atoms with Crippen LogP contribution in [0, 0.1) is 0 Å². The minimum absolute atomic E-state index is 0.0808. The van der Waals surface area contributed by atoms with Crippen LogP contribution in [0.25, 0.3) is 0 Å². The maximum atomic E-state index is 13.6. The van der Waals surface area contributed by atoms with Crippen molar-refractivity contribution in [2.75, 3.05) is 17.5 Å². The van der Waals surface area contributed by atoms with Gasteiger partial charge in [0.1, 0.15) is 18.5 Å². The molecule has 0 N–H and O–H groups in total. The number of sulfonamides is 1. The van der Waals surface area contributed by atoms with Crippen LogP contribution in [-0.2, 0) is 14.8 Å². The average Bonchev–Trinajstić information content (AvgIpc) is 3.53. The molecule has 0 saturated carbocycles. The van der Waals surface area contributed by atoms with E-state index in [-0.39, 0.29) is 11.0 Å². The molecule has 28 heavy (non-hydrogen) atoms. The van der Waals surface area contributed by atoms with Crippen molar-refractivity contribution in [3.8, 4) is 5.75 Å². The van der Waals surface area contributed by atoms with E-state index in [1.54, 1.807) is 42.5 Å². The molecule has 5 nitrogen and oxygen atoms in total. The molecule has 3 aromatic carbocycles. The lowest BCUT2D eigenvalue weighted by molar-refractivity contribution is 0.261. The van der Waals surface area contributed by atoms with Crippen LogP contribution in [0.4, 0.5) is 11.4 Å². The van der Waals surface area contributed by atoms with Gasteiger partial charge >= 0.3 is 0 Å². The minimum atomic E-state index is -3.87. The number of halogens is 1. The lowest BCUT2D eigenvalue weighted by atomic mass is 10.3. The fourth-order valence-corrected chi connectivity index (χ4v) is 4.63. The minimum Gasteiger partial charge on any atom is -0.490 e. The first kappa shape index (κ1) is 19.0. The van der Waals surface area contributed by atoms with E-state index in [4.69, 9.17) is 9.47 Å². The number of para-hydroxylation sites is 2. The molecule has 0 amide bonds. The Morgan fingerprint density at radius 3 is 2.07 bits per heavy atom. The highest BCUT2D eigenvalue weighted by atomic mass is 79.9. The number of hydrogen-bond acceptors (Lipinski definition) is 4. The van der Waals surface area contributed by atoms with Crippen molar-refractivity contribution in [2.45, 2.75) is 11.0 Å². The van der Waals surface area contributed by atoms with Crippen LogP contribution in [-0.4, -0.2) is 27.7 Å². The maximum absolute atomic E-state index is 13.6. The van der Waals surface area contributed by atoms with Gasteiger partial charge in [-0.05, 0) is 52.3 Å². The molecular formula is C21H18BrNO4S. The summed E-state index contributed by atoms with van der Waals surface area (Å²) in [5.41, 5.74) is 1.12. The smallest absolute Gasteiger partial charge is 0.268 e. The molecule has 0 radical (unpaired) electrons. The molecule has 1 aliphatic rings. The maximum Gasteiger partial charge on any atom is 0.268 e.